The minimum atomic E-state index is -4.32. The van der Waals surface area contributed by atoms with Crippen LogP contribution in [-0.2, 0) is 16.5 Å². The van der Waals surface area contributed by atoms with Gasteiger partial charge in [0.2, 0.25) is 0 Å². The van der Waals surface area contributed by atoms with Crippen molar-refractivity contribution in [2.75, 3.05) is 0 Å². The summed E-state index contributed by atoms with van der Waals surface area (Å²) in [6.07, 6.45) is 10.3. The van der Waals surface area contributed by atoms with Crippen molar-refractivity contribution in [3.05, 3.63) is 48.0 Å². The van der Waals surface area contributed by atoms with E-state index in [1.54, 1.807) is 6.07 Å². The van der Waals surface area contributed by atoms with Crippen LogP contribution in [0.1, 0.15) is 63.9 Å². The Bertz CT molecular complexity index is 835. The number of hydrogen-bond acceptors (Lipinski definition) is 4. The molecule has 5 nitrogen and oxygen atoms in total. The van der Waals surface area contributed by atoms with E-state index < -0.39 is 10.1 Å². The van der Waals surface area contributed by atoms with Gasteiger partial charge in [0.1, 0.15) is 11.5 Å². The van der Waals surface area contributed by atoms with Gasteiger partial charge in [-0.05, 0) is 42.7 Å². The van der Waals surface area contributed by atoms with Crippen LogP contribution in [0.2, 0.25) is 0 Å². The molecule has 0 fully saturated rings. The fourth-order valence-corrected chi connectivity index (χ4v) is 3.66. The molecular weight excluding hydrogens is 399 g/mol. The van der Waals surface area contributed by atoms with Crippen LogP contribution >= 0.6 is 0 Å². The first-order valence-corrected chi connectivity index (χ1v) is 11.4. The summed E-state index contributed by atoms with van der Waals surface area (Å²) >= 11 is 0. The van der Waals surface area contributed by atoms with Crippen molar-refractivity contribution >= 4 is 10.1 Å². The average Bonchev–Trinajstić information content (AvgIpc) is 2.65. The summed E-state index contributed by atoms with van der Waals surface area (Å²) in [6.45, 7) is 2.21. The first kappa shape index (κ1) is 26.0. The summed E-state index contributed by atoms with van der Waals surface area (Å²) < 4.78 is 38.3. The van der Waals surface area contributed by atoms with Gasteiger partial charge in [-0.15, -0.1) is 5.75 Å². The second-order valence-electron chi connectivity index (χ2n) is 7.09. The van der Waals surface area contributed by atoms with Crippen LogP contribution in [0.25, 0.3) is 0 Å². The molecule has 0 amide bonds. The topological polar surface area (TPSA) is 86.7 Å². The van der Waals surface area contributed by atoms with E-state index in [0.717, 1.165) is 18.4 Å². The fraction of sp³-hybridized carbons (Fsp3) is 0.455. The number of unbranched alkanes of at least 4 members (excludes halogenated alkanes) is 7. The predicted octanol–water partition coefficient (Wildman–Crippen LogP) is 2.49. The van der Waals surface area contributed by atoms with Crippen molar-refractivity contribution in [3.63, 3.8) is 0 Å². The van der Waals surface area contributed by atoms with Crippen LogP contribution in [-0.4, -0.2) is 13.0 Å². The largest absolute Gasteiger partial charge is 1.00 e. The van der Waals surface area contributed by atoms with Gasteiger partial charge in [-0.25, -0.2) is 0 Å². The Morgan fingerprint density at radius 3 is 2.03 bits per heavy atom. The Balaban J connectivity index is 0.00000420. The van der Waals surface area contributed by atoms with E-state index >= 15 is 0 Å². The van der Waals surface area contributed by atoms with Crippen molar-refractivity contribution in [1.29, 1.82) is 0 Å². The molecule has 0 aromatic heterocycles. The zero-order chi connectivity index (χ0) is 20.4. The van der Waals surface area contributed by atoms with Crippen LogP contribution in [0.15, 0.2) is 47.4 Å². The number of ether oxygens (including phenoxy) is 1. The van der Waals surface area contributed by atoms with Gasteiger partial charge in [-0.3, -0.25) is 4.55 Å². The minimum Gasteiger partial charge on any atom is -0.872 e. The SMILES string of the molecule is CCCCCCCCCCc1cc(Oc2ccc([O-])cc2)cc(S(=O)(=O)O)c1.[Na+]. The molecule has 0 heterocycles. The van der Waals surface area contributed by atoms with Gasteiger partial charge < -0.3 is 9.84 Å². The molecule has 0 aliphatic carbocycles. The molecule has 0 aliphatic rings. The van der Waals surface area contributed by atoms with Crippen LogP contribution in [0.3, 0.4) is 0 Å². The Morgan fingerprint density at radius 2 is 1.45 bits per heavy atom. The first-order chi connectivity index (χ1) is 13.4. The molecule has 0 spiro atoms. The molecule has 0 saturated heterocycles. The molecule has 0 atom stereocenters. The normalized spacial score (nSPS) is 11.1. The molecule has 2 aromatic rings. The van der Waals surface area contributed by atoms with Gasteiger partial charge >= 0.3 is 29.6 Å². The molecular formula is C22H29NaO5S. The van der Waals surface area contributed by atoms with E-state index in [4.69, 9.17) is 4.74 Å². The molecule has 7 heteroatoms. The third-order valence-electron chi connectivity index (χ3n) is 4.62. The van der Waals surface area contributed by atoms with Crippen molar-refractivity contribution < 1.29 is 52.4 Å². The second-order valence-corrected chi connectivity index (χ2v) is 8.51. The van der Waals surface area contributed by atoms with Gasteiger partial charge in [0.25, 0.3) is 10.1 Å². The summed E-state index contributed by atoms with van der Waals surface area (Å²) in [5.41, 5.74) is 0.802. The zero-order valence-corrected chi connectivity index (χ0v) is 20.2. The maximum Gasteiger partial charge on any atom is 1.00 e. The minimum absolute atomic E-state index is 0. The van der Waals surface area contributed by atoms with Crippen molar-refractivity contribution in [3.8, 4) is 17.2 Å². The first-order valence-electron chi connectivity index (χ1n) is 9.95. The molecule has 0 radical (unpaired) electrons. The summed E-state index contributed by atoms with van der Waals surface area (Å²) in [7, 11) is -4.32. The predicted molar refractivity (Wildman–Crippen MR) is 109 cm³/mol. The Kier molecular flexibility index (Phi) is 11.9. The Morgan fingerprint density at radius 1 is 0.862 bits per heavy atom. The van der Waals surface area contributed by atoms with Crippen LogP contribution < -0.4 is 39.4 Å². The zero-order valence-electron chi connectivity index (χ0n) is 17.4. The maximum absolute atomic E-state index is 11.6. The number of rotatable bonds is 12. The molecule has 0 bridgehead atoms. The molecule has 0 saturated carbocycles. The van der Waals surface area contributed by atoms with Gasteiger partial charge in [0.15, 0.2) is 0 Å². The van der Waals surface area contributed by atoms with Crippen LogP contribution in [0.4, 0.5) is 0 Å². The smallest absolute Gasteiger partial charge is 0.872 e. The van der Waals surface area contributed by atoms with Gasteiger partial charge in [-0.2, -0.15) is 8.42 Å². The van der Waals surface area contributed by atoms with Crippen molar-refractivity contribution in [2.24, 2.45) is 0 Å². The second kappa shape index (κ2) is 13.3. The van der Waals surface area contributed by atoms with Gasteiger partial charge in [0, 0.05) is 6.07 Å². The molecule has 154 valence electrons. The van der Waals surface area contributed by atoms with Gasteiger partial charge in [-0.1, -0.05) is 64.0 Å². The molecule has 1 N–H and O–H groups in total. The maximum atomic E-state index is 11.6. The van der Waals surface area contributed by atoms with E-state index in [1.165, 1.54) is 74.9 Å². The monoisotopic (exact) mass is 428 g/mol. The van der Waals surface area contributed by atoms with Crippen LogP contribution in [0.5, 0.6) is 17.2 Å². The van der Waals surface area contributed by atoms with E-state index in [-0.39, 0.29) is 40.2 Å². The third-order valence-corrected chi connectivity index (χ3v) is 5.45. The molecule has 2 rings (SSSR count). The molecule has 0 unspecified atom stereocenters. The fourth-order valence-electron chi connectivity index (χ4n) is 3.09. The Labute approximate surface area is 196 Å². The number of aryl methyl sites for hydroxylation is 1. The quantitative estimate of drug-likeness (QED) is 0.319. The van der Waals surface area contributed by atoms with Crippen molar-refractivity contribution in [1.82, 2.24) is 0 Å². The van der Waals surface area contributed by atoms with Crippen LogP contribution in [0, 0.1) is 0 Å². The van der Waals surface area contributed by atoms with Crippen molar-refractivity contribution in [2.45, 2.75) is 69.6 Å². The van der Waals surface area contributed by atoms with E-state index in [2.05, 4.69) is 6.92 Å². The molecule has 29 heavy (non-hydrogen) atoms. The molecule has 2 aromatic carbocycles. The third kappa shape index (κ3) is 10.0. The molecule has 0 aliphatic heterocycles. The van der Waals surface area contributed by atoms with E-state index in [1.807, 2.05) is 0 Å². The summed E-state index contributed by atoms with van der Waals surface area (Å²) in [5, 5.41) is 11.2. The number of hydrogen-bond donors (Lipinski definition) is 1. The standard InChI is InChI=1S/C22H30O5S.Na/c1-2-3-4-5-6-7-8-9-10-18-15-21(17-22(16-18)28(24,25)26)27-20-13-11-19(23)12-14-20;/h11-17,23H,2-10H2,1H3,(H,24,25,26);/q;+1/p-1. The van der Waals surface area contributed by atoms with E-state index in [9.17, 15) is 18.1 Å². The van der Waals surface area contributed by atoms with E-state index in [0.29, 0.717) is 17.9 Å². The van der Waals surface area contributed by atoms with Gasteiger partial charge in [0.05, 0.1) is 4.90 Å². The summed E-state index contributed by atoms with van der Waals surface area (Å²) in [6, 6.07) is 10.4. The summed E-state index contributed by atoms with van der Waals surface area (Å²) in [4.78, 5) is -0.181. The average molecular weight is 429 g/mol. The summed E-state index contributed by atoms with van der Waals surface area (Å²) in [5.74, 6) is 0.628. The Hall–Kier alpha value is -1.05. The number of benzene rings is 2.